The molecule has 0 aliphatic carbocycles. The van der Waals surface area contributed by atoms with Crippen LogP contribution in [0.2, 0.25) is 0 Å². The Hall–Kier alpha value is -1.50. The average Bonchev–Trinajstić information content (AvgIpc) is 2.62. The van der Waals surface area contributed by atoms with E-state index in [4.69, 9.17) is 5.73 Å². The van der Waals surface area contributed by atoms with Crippen LogP contribution in [0.4, 0.5) is 0 Å². The van der Waals surface area contributed by atoms with Gasteiger partial charge in [0, 0.05) is 5.70 Å². The molecule has 0 heterocycles. The first-order valence-corrected chi connectivity index (χ1v) is 7.92. The summed E-state index contributed by atoms with van der Waals surface area (Å²) in [6.07, 6.45) is 5.06. The lowest BCUT2D eigenvalue weighted by Gasteiger charge is -1.92. The maximum atomic E-state index is 5.42. The molecule has 0 atom stereocenters. The van der Waals surface area contributed by atoms with Crippen molar-refractivity contribution in [2.45, 2.75) is 69.2 Å². The van der Waals surface area contributed by atoms with E-state index in [2.05, 4.69) is 32.9 Å². The van der Waals surface area contributed by atoms with Gasteiger partial charge in [-0.1, -0.05) is 80.7 Å². The Kier molecular flexibility index (Phi) is 205. The second-order valence-electron chi connectivity index (χ2n) is 1.95. The molecular weight excluding hydrogens is 254 g/mol. The second kappa shape index (κ2) is 101. The van der Waals surface area contributed by atoms with Crippen molar-refractivity contribution < 1.29 is 0 Å². The molecule has 0 radical (unpaired) electrons. The number of nitrogens with two attached hydrogens (primary N) is 1. The highest BCUT2D eigenvalue weighted by atomic mass is 14.6. The van der Waals surface area contributed by atoms with Gasteiger partial charge in [-0.2, -0.15) is 0 Å². The first kappa shape index (κ1) is 42.7. The first-order chi connectivity index (χ1) is 10.1. The van der Waals surface area contributed by atoms with Crippen molar-refractivity contribution in [2.75, 3.05) is 0 Å². The van der Waals surface area contributed by atoms with Crippen LogP contribution in [0.25, 0.3) is 0 Å². The van der Waals surface area contributed by atoms with E-state index < -0.39 is 0 Å². The lowest BCUT2D eigenvalue weighted by molar-refractivity contribution is 1.33. The van der Waals surface area contributed by atoms with Crippen LogP contribution in [0.5, 0.6) is 0 Å². The van der Waals surface area contributed by atoms with Gasteiger partial charge in [-0.05, 0) is 25.5 Å². The van der Waals surface area contributed by atoms with Crippen LogP contribution in [-0.2, 0) is 0 Å². The van der Waals surface area contributed by atoms with Crippen molar-refractivity contribution in [1.82, 2.24) is 0 Å². The summed E-state index contributed by atoms with van der Waals surface area (Å²) in [5.74, 6) is 0. The van der Waals surface area contributed by atoms with Crippen molar-refractivity contribution in [3.8, 4) is 0 Å². The van der Waals surface area contributed by atoms with Crippen LogP contribution in [0.3, 0.4) is 0 Å². The van der Waals surface area contributed by atoms with Crippen LogP contribution < -0.4 is 5.73 Å². The fourth-order valence-corrected chi connectivity index (χ4v) is 0.279. The van der Waals surface area contributed by atoms with Crippen LogP contribution in [0.15, 0.2) is 62.4 Å². The summed E-state index contributed by atoms with van der Waals surface area (Å²) in [6, 6.07) is 0. The summed E-state index contributed by atoms with van der Waals surface area (Å²) in [5.41, 5.74) is 7.08. The van der Waals surface area contributed by atoms with E-state index >= 15 is 0 Å². The Morgan fingerprint density at radius 3 is 0.952 bits per heavy atom. The molecule has 21 heavy (non-hydrogen) atoms. The molecule has 0 spiro atoms. The summed E-state index contributed by atoms with van der Waals surface area (Å²) >= 11 is 0. The first-order valence-electron chi connectivity index (χ1n) is 7.92. The molecular formula is C20H45N. The number of hydrogen-bond donors (Lipinski definition) is 1. The Labute approximate surface area is 138 Å². The molecule has 0 aromatic heterocycles. The molecule has 0 saturated heterocycles. The maximum Gasteiger partial charge on any atom is 0.0337 e. The van der Waals surface area contributed by atoms with Crippen molar-refractivity contribution in [3.05, 3.63) is 62.4 Å². The monoisotopic (exact) mass is 299 g/mol. The van der Waals surface area contributed by atoms with E-state index in [0.717, 1.165) is 5.57 Å². The van der Waals surface area contributed by atoms with Crippen LogP contribution in [-0.4, -0.2) is 0 Å². The lowest BCUT2D eigenvalue weighted by Crippen LogP contribution is -1.94. The van der Waals surface area contributed by atoms with Gasteiger partial charge in [0.1, 0.15) is 0 Å². The molecule has 130 valence electrons. The van der Waals surface area contributed by atoms with Gasteiger partial charge in [0.2, 0.25) is 0 Å². The third-order valence-corrected chi connectivity index (χ3v) is 0.981. The fraction of sp³-hybridized carbons (Fsp3) is 0.500. The molecule has 2 N–H and O–H groups in total. The summed E-state index contributed by atoms with van der Waals surface area (Å²) in [6.45, 7) is 36.2. The summed E-state index contributed by atoms with van der Waals surface area (Å²) < 4.78 is 0. The van der Waals surface area contributed by atoms with Gasteiger partial charge in [-0.15, -0.1) is 19.7 Å². The van der Waals surface area contributed by atoms with Crippen molar-refractivity contribution in [1.29, 1.82) is 0 Å². The van der Waals surface area contributed by atoms with Crippen LogP contribution >= 0.6 is 0 Å². The number of allylic oxidation sites excluding steroid dienone is 4. The minimum atomic E-state index is 0.694. The minimum absolute atomic E-state index is 0.694. The minimum Gasteiger partial charge on any atom is -0.399 e. The molecule has 0 rings (SSSR count). The van der Waals surface area contributed by atoms with Crippen LogP contribution in [0.1, 0.15) is 69.2 Å². The molecule has 0 aliphatic rings. The normalized spacial score (nSPS) is 6.57. The highest BCUT2D eigenvalue weighted by Crippen LogP contribution is 1.97. The van der Waals surface area contributed by atoms with Gasteiger partial charge in [0.15, 0.2) is 0 Å². The Morgan fingerprint density at radius 1 is 0.714 bits per heavy atom. The van der Waals surface area contributed by atoms with Crippen LogP contribution in [0, 0.1) is 0 Å². The van der Waals surface area contributed by atoms with E-state index in [1.165, 1.54) is 0 Å². The maximum absolute atomic E-state index is 5.42. The highest BCUT2D eigenvalue weighted by Gasteiger charge is 1.83. The Bertz CT molecular complexity index is 160. The van der Waals surface area contributed by atoms with Gasteiger partial charge < -0.3 is 5.73 Å². The Balaban J connectivity index is -0.0000000256. The average molecular weight is 300 g/mol. The zero-order valence-corrected chi connectivity index (χ0v) is 16.8. The van der Waals surface area contributed by atoms with Crippen molar-refractivity contribution in [2.24, 2.45) is 5.73 Å². The molecule has 0 aromatic rings. The van der Waals surface area contributed by atoms with Gasteiger partial charge in [0.05, 0.1) is 0 Å². The molecule has 0 saturated carbocycles. The SMILES string of the molecule is C=C.C=C/C(C)=C(\N)C=C.C=CC.CC.CC.CC.CC. The molecule has 1 heteroatoms. The van der Waals surface area contributed by atoms with Gasteiger partial charge in [0.25, 0.3) is 0 Å². The van der Waals surface area contributed by atoms with E-state index in [9.17, 15) is 0 Å². The summed E-state index contributed by atoms with van der Waals surface area (Å²) in [7, 11) is 0. The summed E-state index contributed by atoms with van der Waals surface area (Å²) in [5, 5.41) is 0. The molecule has 0 aromatic carbocycles. The van der Waals surface area contributed by atoms with E-state index in [1.807, 2.05) is 69.2 Å². The zero-order chi connectivity index (χ0) is 19.3. The number of hydrogen-bond acceptors (Lipinski definition) is 1. The highest BCUT2D eigenvalue weighted by molar-refractivity contribution is 5.26. The molecule has 1 nitrogen and oxygen atoms in total. The standard InChI is InChI=1S/C7H11N.C3H6.4C2H6.C2H4/c1-4-6(3)7(8)5-2;1-3-2;5*1-2/h4-5H,1-2,8H2,3H3;3H,1H2,2H3;4*1-2H3;1-2H2/b7-6-;;;;;;. The topological polar surface area (TPSA) is 26.0 Å². The van der Waals surface area contributed by atoms with Gasteiger partial charge in [-0.3, -0.25) is 0 Å². The predicted molar refractivity (Wildman–Crippen MR) is 110 cm³/mol. The Morgan fingerprint density at radius 2 is 0.905 bits per heavy atom. The fourth-order valence-electron chi connectivity index (χ4n) is 0.279. The molecule has 0 bridgehead atoms. The zero-order valence-electron chi connectivity index (χ0n) is 16.8. The third kappa shape index (κ3) is 119. The smallest absolute Gasteiger partial charge is 0.0337 e. The summed E-state index contributed by atoms with van der Waals surface area (Å²) in [4.78, 5) is 0. The molecule has 0 fully saturated rings. The van der Waals surface area contributed by atoms with E-state index in [-0.39, 0.29) is 0 Å². The molecule has 0 amide bonds. The second-order valence-corrected chi connectivity index (χ2v) is 1.95. The third-order valence-electron chi connectivity index (χ3n) is 0.981. The van der Waals surface area contributed by atoms with Gasteiger partial charge in [-0.25, -0.2) is 0 Å². The van der Waals surface area contributed by atoms with Crippen molar-refractivity contribution >= 4 is 0 Å². The number of rotatable bonds is 2. The van der Waals surface area contributed by atoms with Crippen molar-refractivity contribution in [3.63, 3.8) is 0 Å². The van der Waals surface area contributed by atoms with E-state index in [0.29, 0.717) is 5.70 Å². The predicted octanol–water partition coefficient (Wildman–Crippen LogP) is 7.69. The quantitative estimate of drug-likeness (QED) is 0.410. The molecule has 0 aliphatic heterocycles. The van der Waals surface area contributed by atoms with Gasteiger partial charge >= 0.3 is 0 Å². The molecule has 0 unspecified atom stereocenters. The van der Waals surface area contributed by atoms with E-state index in [1.54, 1.807) is 18.2 Å². The largest absolute Gasteiger partial charge is 0.399 e. The lowest BCUT2D eigenvalue weighted by atomic mass is 10.2.